The van der Waals surface area contributed by atoms with Crippen LogP contribution >= 0.6 is 11.3 Å². The normalized spacial score (nSPS) is 10.8. The fraction of sp³-hybridized carbons (Fsp3) is 0.0526. The van der Waals surface area contributed by atoms with Crippen molar-refractivity contribution in [2.75, 3.05) is 4.90 Å². The van der Waals surface area contributed by atoms with Crippen molar-refractivity contribution in [3.8, 4) is 5.75 Å². The molecule has 0 saturated heterocycles. The minimum atomic E-state index is -0.538. The van der Waals surface area contributed by atoms with E-state index in [9.17, 15) is 19.1 Å². The van der Waals surface area contributed by atoms with Crippen molar-refractivity contribution in [3.63, 3.8) is 0 Å². The van der Waals surface area contributed by atoms with Gasteiger partial charge in [0.25, 0.3) is 5.91 Å². The zero-order valence-corrected chi connectivity index (χ0v) is 15.5. The Hall–Kier alpha value is -3.59. The predicted octanol–water partition coefficient (Wildman–Crippen LogP) is 3.44. The molecule has 7 nitrogen and oxygen atoms in total. The highest BCUT2D eigenvalue weighted by atomic mass is 32.1. The fourth-order valence-electron chi connectivity index (χ4n) is 2.31. The third-order valence-corrected chi connectivity index (χ3v) is 4.45. The summed E-state index contributed by atoms with van der Waals surface area (Å²) in [7, 11) is 0. The molecule has 3 rings (SSSR count). The number of halogens is 1. The summed E-state index contributed by atoms with van der Waals surface area (Å²) >= 11 is 1.14. The van der Waals surface area contributed by atoms with Crippen LogP contribution in [-0.4, -0.2) is 28.1 Å². The van der Waals surface area contributed by atoms with Crippen molar-refractivity contribution in [1.82, 2.24) is 10.4 Å². The van der Waals surface area contributed by atoms with Gasteiger partial charge in [-0.2, -0.15) is 5.10 Å². The molecule has 1 aromatic heterocycles. The maximum Gasteiger partial charge on any atom is 0.271 e. The molecule has 1 heterocycles. The van der Waals surface area contributed by atoms with Crippen LogP contribution in [-0.2, 0) is 4.79 Å². The minimum Gasteiger partial charge on any atom is -0.508 e. The highest BCUT2D eigenvalue weighted by Crippen LogP contribution is 2.30. The lowest BCUT2D eigenvalue weighted by Crippen LogP contribution is -2.23. The summed E-state index contributed by atoms with van der Waals surface area (Å²) in [4.78, 5) is 29.4. The van der Waals surface area contributed by atoms with Gasteiger partial charge in [-0.15, -0.1) is 11.3 Å². The second-order valence-electron chi connectivity index (χ2n) is 5.61. The molecule has 0 aliphatic heterocycles. The lowest BCUT2D eigenvalue weighted by atomic mass is 10.2. The molecule has 0 radical (unpaired) electrons. The van der Waals surface area contributed by atoms with Crippen molar-refractivity contribution < 1.29 is 19.1 Å². The molecule has 0 aliphatic rings. The first-order valence-electron chi connectivity index (χ1n) is 8.09. The number of phenols is 1. The van der Waals surface area contributed by atoms with Gasteiger partial charge in [-0.05, 0) is 36.4 Å². The van der Waals surface area contributed by atoms with Crippen molar-refractivity contribution >= 4 is 40.2 Å². The van der Waals surface area contributed by atoms with Crippen molar-refractivity contribution in [3.05, 3.63) is 71.0 Å². The quantitative estimate of drug-likeness (QED) is 0.508. The Morgan fingerprint density at radius 1 is 1.21 bits per heavy atom. The molecule has 142 valence electrons. The number of amides is 2. The predicted molar refractivity (Wildman–Crippen MR) is 105 cm³/mol. The van der Waals surface area contributed by atoms with Crippen molar-refractivity contribution in [2.45, 2.75) is 6.92 Å². The molecule has 3 aromatic rings. The number of hydrogen-bond donors (Lipinski definition) is 2. The number of carbonyl (C=O) groups excluding carboxylic acids is 2. The van der Waals surface area contributed by atoms with Gasteiger partial charge in [-0.25, -0.2) is 14.8 Å². The van der Waals surface area contributed by atoms with Crippen molar-refractivity contribution in [2.24, 2.45) is 5.10 Å². The molecule has 0 aliphatic carbocycles. The van der Waals surface area contributed by atoms with Crippen LogP contribution in [0.15, 0.2) is 59.0 Å². The number of carbonyl (C=O) groups is 2. The Morgan fingerprint density at radius 3 is 2.61 bits per heavy atom. The Bertz CT molecular complexity index is 1030. The number of thiazole rings is 1. The lowest BCUT2D eigenvalue weighted by molar-refractivity contribution is -0.115. The van der Waals surface area contributed by atoms with Crippen LogP contribution in [0.25, 0.3) is 0 Å². The summed E-state index contributed by atoms with van der Waals surface area (Å²) < 4.78 is 14.1. The first kappa shape index (κ1) is 19.2. The van der Waals surface area contributed by atoms with E-state index in [-0.39, 0.29) is 22.5 Å². The van der Waals surface area contributed by atoms with Gasteiger partial charge in [0.1, 0.15) is 11.6 Å². The van der Waals surface area contributed by atoms with Gasteiger partial charge in [-0.3, -0.25) is 14.5 Å². The van der Waals surface area contributed by atoms with Crippen molar-refractivity contribution in [1.29, 1.82) is 0 Å². The minimum absolute atomic E-state index is 0.0555. The standard InChI is InChI=1S/C19H15FN4O3S/c1-12(25)24(17-5-3-2-4-16(17)20)19-22-14(11-28-19)10-21-23-18(27)13-6-8-15(26)9-7-13/h2-11,26H,1H3,(H,23,27)/b21-10-. The van der Waals surface area contributed by atoms with Crippen LogP contribution < -0.4 is 10.3 Å². The molecule has 0 fully saturated rings. The van der Waals surface area contributed by atoms with E-state index in [0.29, 0.717) is 11.3 Å². The fourth-order valence-corrected chi connectivity index (χ4v) is 3.14. The van der Waals surface area contributed by atoms with Gasteiger partial charge in [0.15, 0.2) is 5.13 Å². The number of anilines is 2. The van der Waals surface area contributed by atoms with Crippen LogP contribution in [0.2, 0.25) is 0 Å². The van der Waals surface area contributed by atoms with Crippen LogP contribution in [0.4, 0.5) is 15.2 Å². The summed E-state index contributed by atoms with van der Waals surface area (Å²) in [5.74, 6) is -1.32. The number of benzene rings is 2. The van der Waals surface area contributed by atoms with Crippen LogP contribution in [0, 0.1) is 5.82 Å². The van der Waals surface area contributed by atoms with E-state index in [0.717, 1.165) is 11.3 Å². The summed E-state index contributed by atoms with van der Waals surface area (Å²) in [5.41, 5.74) is 3.17. The van der Waals surface area contributed by atoms with Gasteiger partial charge in [0.2, 0.25) is 5.91 Å². The maximum atomic E-state index is 14.1. The molecular weight excluding hydrogens is 383 g/mol. The van der Waals surface area contributed by atoms with Gasteiger partial charge >= 0.3 is 0 Å². The summed E-state index contributed by atoms with van der Waals surface area (Å²) in [5, 5.41) is 15.0. The zero-order chi connectivity index (χ0) is 20.1. The van der Waals surface area contributed by atoms with Crippen LogP contribution in [0.3, 0.4) is 0 Å². The second-order valence-corrected chi connectivity index (χ2v) is 6.44. The van der Waals surface area contributed by atoms with Gasteiger partial charge in [0.05, 0.1) is 17.6 Å². The first-order chi connectivity index (χ1) is 13.5. The van der Waals surface area contributed by atoms with Gasteiger partial charge in [0, 0.05) is 17.9 Å². The number of hydrazone groups is 1. The average molecular weight is 398 g/mol. The van der Waals surface area contributed by atoms with E-state index < -0.39 is 11.7 Å². The van der Waals surface area contributed by atoms with Crippen LogP contribution in [0.1, 0.15) is 23.0 Å². The number of phenolic OH excluding ortho intramolecular Hbond substituents is 1. The largest absolute Gasteiger partial charge is 0.508 e. The molecule has 0 bridgehead atoms. The Balaban J connectivity index is 1.73. The SMILES string of the molecule is CC(=O)N(c1nc(/C=N\NC(=O)c2ccc(O)cc2)cs1)c1ccccc1F. The van der Waals surface area contributed by atoms with Gasteiger partial charge < -0.3 is 5.11 Å². The monoisotopic (exact) mass is 398 g/mol. The molecule has 0 atom stereocenters. The molecule has 0 unspecified atom stereocenters. The van der Waals surface area contributed by atoms with E-state index in [2.05, 4.69) is 15.5 Å². The number of hydrogen-bond acceptors (Lipinski definition) is 6. The topological polar surface area (TPSA) is 94.9 Å². The number of nitrogens with zero attached hydrogens (tertiary/aromatic N) is 3. The summed E-state index contributed by atoms with van der Waals surface area (Å²) in [6, 6.07) is 11.6. The molecule has 2 N–H and O–H groups in total. The highest BCUT2D eigenvalue weighted by Gasteiger charge is 2.20. The number of aromatic hydroxyl groups is 1. The number of para-hydroxylation sites is 1. The third kappa shape index (κ3) is 4.38. The smallest absolute Gasteiger partial charge is 0.271 e. The van der Waals surface area contributed by atoms with E-state index >= 15 is 0 Å². The van der Waals surface area contributed by atoms with E-state index in [1.807, 2.05) is 0 Å². The molecule has 2 amide bonds. The second kappa shape index (κ2) is 8.40. The maximum absolute atomic E-state index is 14.1. The molecule has 28 heavy (non-hydrogen) atoms. The molecule has 2 aromatic carbocycles. The number of rotatable bonds is 5. The highest BCUT2D eigenvalue weighted by molar-refractivity contribution is 7.14. The van der Waals surface area contributed by atoms with E-state index in [1.54, 1.807) is 11.4 Å². The van der Waals surface area contributed by atoms with Crippen LogP contribution in [0.5, 0.6) is 5.75 Å². The first-order valence-corrected chi connectivity index (χ1v) is 8.97. The number of nitrogens with one attached hydrogen (secondary N) is 1. The third-order valence-electron chi connectivity index (χ3n) is 3.60. The summed E-state index contributed by atoms with van der Waals surface area (Å²) in [6.45, 7) is 1.32. The Labute approximate surface area is 163 Å². The number of aromatic nitrogens is 1. The lowest BCUT2D eigenvalue weighted by Gasteiger charge is -2.18. The average Bonchev–Trinajstić information content (AvgIpc) is 3.12. The Kier molecular flexibility index (Phi) is 5.75. The van der Waals surface area contributed by atoms with E-state index in [4.69, 9.17) is 0 Å². The molecular formula is C19H15FN4O3S. The Morgan fingerprint density at radius 2 is 1.93 bits per heavy atom. The molecule has 9 heteroatoms. The van der Waals surface area contributed by atoms with E-state index in [1.165, 1.54) is 60.5 Å². The summed E-state index contributed by atoms with van der Waals surface area (Å²) in [6.07, 6.45) is 1.32. The molecule has 0 spiro atoms. The van der Waals surface area contributed by atoms with Gasteiger partial charge in [-0.1, -0.05) is 12.1 Å². The zero-order valence-electron chi connectivity index (χ0n) is 14.7. The molecule has 0 saturated carbocycles.